The lowest BCUT2D eigenvalue weighted by Gasteiger charge is -2.25. The Balaban J connectivity index is 4.04. The van der Waals surface area contributed by atoms with Gasteiger partial charge in [-0.3, -0.25) is 9.59 Å². The molecule has 0 aromatic heterocycles. The number of rotatable bonds is 4. The first kappa shape index (κ1) is 14.9. The number of carbonyl (C=O) groups is 2. The molecule has 1 atom stereocenters. The molecule has 0 aromatic rings. The van der Waals surface area contributed by atoms with Crippen LogP contribution in [0.2, 0.25) is 0 Å². The van der Waals surface area contributed by atoms with Crippen molar-refractivity contribution in [3.8, 4) is 0 Å². The van der Waals surface area contributed by atoms with Gasteiger partial charge in [0.15, 0.2) is 0 Å². The van der Waals surface area contributed by atoms with Crippen molar-refractivity contribution in [2.45, 2.75) is 46.7 Å². The molecule has 0 fully saturated rings. The fourth-order valence-electron chi connectivity index (χ4n) is 1.04. The summed E-state index contributed by atoms with van der Waals surface area (Å²) in [6.45, 7) is 9.34. The molecule has 94 valence electrons. The first-order valence-electron chi connectivity index (χ1n) is 5.47. The van der Waals surface area contributed by atoms with Crippen LogP contribution >= 0.6 is 0 Å². The largest absolute Gasteiger partial charge is 0.352 e. The Morgan fingerprint density at radius 2 is 1.75 bits per heavy atom. The highest BCUT2D eigenvalue weighted by Crippen LogP contribution is 2.16. The van der Waals surface area contributed by atoms with Gasteiger partial charge >= 0.3 is 0 Å². The van der Waals surface area contributed by atoms with Crippen molar-refractivity contribution in [3.05, 3.63) is 0 Å². The minimum atomic E-state index is -0.612. The lowest BCUT2D eigenvalue weighted by molar-refractivity contribution is -0.128. The zero-order chi connectivity index (χ0) is 12.9. The third-order valence-electron chi connectivity index (χ3n) is 2.09. The summed E-state index contributed by atoms with van der Waals surface area (Å²) < 4.78 is 0. The molecule has 0 saturated heterocycles. The molecule has 0 aliphatic heterocycles. The normalized spacial score (nSPS) is 13.4. The van der Waals surface area contributed by atoms with Crippen LogP contribution in [0.4, 0.5) is 0 Å². The van der Waals surface area contributed by atoms with Gasteiger partial charge in [0, 0.05) is 6.04 Å². The Hall–Kier alpha value is -1.10. The van der Waals surface area contributed by atoms with Gasteiger partial charge in [0.25, 0.3) is 0 Å². The van der Waals surface area contributed by atoms with E-state index in [1.807, 2.05) is 34.6 Å². The van der Waals surface area contributed by atoms with Crippen LogP contribution in [0.1, 0.15) is 34.6 Å². The van der Waals surface area contributed by atoms with E-state index < -0.39 is 6.04 Å². The smallest absolute Gasteiger partial charge is 0.239 e. The first-order chi connectivity index (χ1) is 7.14. The van der Waals surface area contributed by atoms with Gasteiger partial charge in [-0.1, -0.05) is 20.8 Å². The third-order valence-corrected chi connectivity index (χ3v) is 2.09. The van der Waals surface area contributed by atoms with Gasteiger partial charge in [0.1, 0.15) is 0 Å². The van der Waals surface area contributed by atoms with Gasteiger partial charge in [0.05, 0.1) is 12.6 Å². The summed E-state index contributed by atoms with van der Waals surface area (Å²) in [7, 11) is 0. The molecule has 0 aliphatic carbocycles. The second-order valence-corrected chi connectivity index (χ2v) is 5.28. The SMILES string of the molecule is CC(C)NC(=O)CNC(=O)[C@@H](N)C(C)(C)C. The zero-order valence-electron chi connectivity index (χ0n) is 10.8. The molecule has 16 heavy (non-hydrogen) atoms. The van der Waals surface area contributed by atoms with Crippen molar-refractivity contribution in [1.29, 1.82) is 0 Å². The fraction of sp³-hybridized carbons (Fsp3) is 0.818. The minimum Gasteiger partial charge on any atom is -0.352 e. The predicted octanol–water partition coefficient (Wildman–Crippen LogP) is 0.000600. The molecule has 0 radical (unpaired) electrons. The summed E-state index contributed by atoms with van der Waals surface area (Å²) in [5, 5.41) is 5.20. The van der Waals surface area contributed by atoms with E-state index >= 15 is 0 Å². The maximum Gasteiger partial charge on any atom is 0.239 e. The van der Waals surface area contributed by atoms with Crippen LogP contribution in [0, 0.1) is 5.41 Å². The molecular formula is C11H23N3O2. The number of nitrogens with two attached hydrogens (primary N) is 1. The average Bonchev–Trinajstić information content (AvgIpc) is 2.10. The van der Waals surface area contributed by atoms with Crippen LogP contribution in [-0.4, -0.2) is 30.4 Å². The van der Waals surface area contributed by atoms with Gasteiger partial charge in [-0.2, -0.15) is 0 Å². The van der Waals surface area contributed by atoms with E-state index in [1.165, 1.54) is 0 Å². The molecule has 0 bridgehead atoms. The van der Waals surface area contributed by atoms with Crippen molar-refractivity contribution in [2.24, 2.45) is 11.1 Å². The fourth-order valence-corrected chi connectivity index (χ4v) is 1.04. The Labute approximate surface area is 97.2 Å². The Kier molecular flexibility index (Phi) is 5.44. The third kappa shape index (κ3) is 5.70. The van der Waals surface area contributed by atoms with Gasteiger partial charge in [0.2, 0.25) is 11.8 Å². The van der Waals surface area contributed by atoms with Crippen molar-refractivity contribution < 1.29 is 9.59 Å². The minimum absolute atomic E-state index is 0.0270. The van der Waals surface area contributed by atoms with Crippen LogP contribution in [0.15, 0.2) is 0 Å². The van der Waals surface area contributed by atoms with Crippen molar-refractivity contribution >= 4 is 11.8 Å². The molecule has 0 aromatic carbocycles. The van der Waals surface area contributed by atoms with E-state index in [-0.39, 0.29) is 29.8 Å². The Bertz CT molecular complexity index is 256. The molecule has 0 heterocycles. The first-order valence-corrected chi connectivity index (χ1v) is 5.47. The second-order valence-electron chi connectivity index (χ2n) is 5.28. The number of hydrogen-bond donors (Lipinski definition) is 3. The lowest BCUT2D eigenvalue weighted by Crippen LogP contribution is -2.51. The molecule has 5 heteroatoms. The topological polar surface area (TPSA) is 84.2 Å². The number of amides is 2. The maximum atomic E-state index is 11.6. The summed E-state index contributed by atoms with van der Waals surface area (Å²) in [6, 6.07) is -0.542. The summed E-state index contributed by atoms with van der Waals surface area (Å²) in [4.78, 5) is 22.8. The number of hydrogen-bond acceptors (Lipinski definition) is 3. The van der Waals surface area contributed by atoms with Crippen LogP contribution < -0.4 is 16.4 Å². The number of nitrogens with one attached hydrogen (secondary N) is 2. The monoisotopic (exact) mass is 229 g/mol. The van der Waals surface area contributed by atoms with Gasteiger partial charge in [-0.25, -0.2) is 0 Å². The second kappa shape index (κ2) is 5.84. The van der Waals surface area contributed by atoms with E-state index in [1.54, 1.807) is 0 Å². The highest BCUT2D eigenvalue weighted by atomic mass is 16.2. The van der Waals surface area contributed by atoms with Crippen LogP contribution in [-0.2, 0) is 9.59 Å². The Morgan fingerprint density at radius 1 is 1.25 bits per heavy atom. The van der Waals surface area contributed by atoms with E-state index in [2.05, 4.69) is 10.6 Å². The van der Waals surface area contributed by atoms with Crippen molar-refractivity contribution in [2.75, 3.05) is 6.54 Å². The summed E-state index contributed by atoms with van der Waals surface area (Å²) in [6.07, 6.45) is 0. The van der Waals surface area contributed by atoms with E-state index in [4.69, 9.17) is 5.73 Å². The molecule has 5 nitrogen and oxygen atoms in total. The Morgan fingerprint density at radius 3 is 2.12 bits per heavy atom. The van der Waals surface area contributed by atoms with Gasteiger partial charge in [-0.05, 0) is 19.3 Å². The van der Waals surface area contributed by atoms with Gasteiger partial charge in [-0.15, -0.1) is 0 Å². The molecule has 4 N–H and O–H groups in total. The van der Waals surface area contributed by atoms with Crippen LogP contribution in [0.25, 0.3) is 0 Å². The van der Waals surface area contributed by atoms with E-state index in [9.17, 15) is 9.59 Å². The molecule has 0 saturated carbocycles. The average molecular weight is 229 g/mol. The highest BCUT2D eigenvalue weighted by Gasteiger charge is 2.27. The van der Waals surface area contributed by atoms with Crippen LogP contribution in [0.3, 0.4) is 0 Å². The van der Waals surface area contributed by atoms with E-state index in [0.717, 1.165) is 0 Å². The quantitative estimate of drug-likeness (QED) is 0.634. The molecule has 2 amide bonds. The standard InChI is InChI=1S/C11H23N3O2/c1-7(2)14-8(15)6-13-10(16)9(12)11(3,4)5/h7,9H,6,12H2,1-5H3,(H,13,16)(H,14,15)/t9-/m1/s1. The molecule has 0 aliphatic rings. The van der Waals surface area contributed by atoms with Gasteiger partial charge < -0.3 is 16.4 Å². The molecule has 0 spiro atoms. The lowest BCUT2D eigenvalue weighted by atomic mass is 9.87. The predicted molar refractivity (Wildman–Crippen MR) is 63.7 cm³/mol. The molecule has 0 unspecified atom stereocenters. The molecule has 0 rings (SSSR count). The summed E-state index contributed by atoms with van der Waals surface area (Å²) in [5.74, 6) is -0.504. The maximum absolute atomic E-state index is 11.6. The van der Waals surface area contributed by atoms with Crippen LogP contribution in [0.5, 0.6) is 0 Å². The highest BCUT2D eigenvalue weighted by molar-refractivity contribution is 5.87. The molecular weight excluding hydrogens is 206 g/mol. The number of carbonyl (C=O) groups excluding carboxylic acids is 2. The van der Waals surface area contributed by atoms with Crippen molar-refractivity contribution in [1.82, 2.24) is 10.6 Å². The summed E-state index contributed by atoms with van der Waals surface area (Å²) >= 11 is 0. The summed E-state index contributed by atoms with van der Waals surface area (Å²) in [5.41, 5.74) is 5.43. The van der Waals surface area contributed by atoms with Crippen molar-refractivity contribution in [3.63, 3.8) is 0 Å². The van der Waals surface area contributed by atoms with E-state index in [0.29, 0.717) is 0 Å². The zero-order valence-corrected chi connectivity index (χ0v) is 10.8.